The molecule has 0 spiro atoms. The van der Waals surface area contributed by atoms with Crippen molar-refractivity contribution in [1.82, 2.24) is 24.6 Å². The first-order valence-corrected chi connectivity index (χ1v) is 10.1. The van der Waals surface area contributed by atoms with Crippen LogP contribution in [0.1, 0.15) is 39.7 Å². The number of thiazole rings is 1. The smallest absolute Gasteiger partial charge is 0.346 e. The van der Waals surface area contributed by atoms with Crippen LogP contribution >= 0.6 is 11.3 Å². The monoisotopic (exact) mass is 419 g/mol. The van der Waals surface area contributed by atoms with Gasteiger partial charge in [-0.1, -0.05) is 6.07 Å². The first-order valence-electron chi connectivity index (χ1n) is 9.25. The Morgan fingerprint density at radius 1 is 1.34 bits per heavy atom. The number of hydrogen-bond acceptors (Lipinski definition) is 5. The van der Waals surface area contributed by atoms with Crippen LogP contribution in [0, 0.1) is 18.6 Å². The van der Waals surface area contributed by atoms with Crippen LogP contribution in [-0.4, -0.2) is 31.3 Å². The SMILES string of the molecule is Cc1nc(Cn2nc3n(c2=O)CCC(NC(=O)c2cccc(F)c2F)CC3)cs1. The number of nitrogens with zero attached hydrogens (tertiary/aromatic N) is 4. The topological polar surface area (TPSA) is 81.8 Å². The van der Waals surface area contributed by atoms with Gasteiger partial charge in [0.25, 0.3) is 5.91 Å². The molecule has 0 bridgehead atoms. The van der Waals surface area contributed by atoms with Crippen LogP contribution < -0.4 is 11.0 Å². The van der Waals surface area contributed by atoms with Crippen LogP contribution in [0.15, 0.2) is 28.4 Å². The minimum absolute atomic E-state index is 0.214. The predicted octanol–water partition coefficient (Wildman–Crippen LogP) is 2.27. The van der Waals surface area contributed by atoms with E-state index in [1.807, 2.05) is 12.3 Å². The number of aryl methyl sites for hydroxylation is 2. The van der Waals surface area contributed by atoms with Gasteiger partial charge < -0.3 is 5.32 Å². The van der Waals surface area contributed by atoms with E-state index in [4.69, 9.17) is 0 Å². The van der Waals surface area contributed by atoms with Crippen LogP contribution in [0.4, 0.5) is 8.78 Å². The maximum atomic E-state index is 13.8. The molecule has 1 aliphatic heterocycles. The van der Waals surface area contributed by atoms with Gasteiger partial charge in [0, 0.05) is 24.4 Å². The Morgan fingerprint density at radius 2 is 2.17 bits per heavy atom. The van der Waals surface area contributed by atoms with Gasteiger partial charge in [0.1, 0.15) is 5.82 Å². The molecule has 0 aliphatic carbocycles. The number of carbonyl (C=O) groups is 1. The average molecular weight is 419 g/mol. The fourth-order valence-corrected chi connectivity index (χ4v) is 4.06. The molecule has 1 aliphatic rings. The van der Waals surface area contributed by atoms with Crippen molar-refractivity contribution in [2.45, 2.75) is 45.3 Å². The summed E-state index contributed by atoms with van der Waals surface area (Å²) in [4.78, 5) is 29.4. The highest BCUT2D eigenvalue weighted by Gasteiger charge is 2.24. The zero-order chi connectivity index (χ0) is 20.5. The fraction of sp³-hybridized carbons (Fsp3) is 0.368. The molecule has 10 heteroatoms. The molecule has 0 saturated heterocycles. The summed E-state index contributed by atoms with van der Waals surface area (Å²) >= 11 is 1.52. The number of amides is 1. The second kappa shape index (κ2) is 7.86. The minimum atomic E-state index is -1.16. The van der Waals surface area contributed by atoms with Gasteiger partial charge in [-0.05, 0) is 31.9 Å². The molecule has 0 fully saturated rings. The van der Waals surface area contributed by atoms with E-state index in [1.165, 1.54) is 28.2 Å². The zero-order valence-corrected chi connectivity index (χ0v) is 16.5. The maximum Gasteiger partial charge on any atom is 0.346 e. The zero-order valence-electron chi connectivity index (χ0n) is 15.7. The Balaban J connectivity index is 1.44. The summed E-state index contributed by atoms with van der Waals surface area (Å²) in [5.41, 5.74) is 0.256. The second-order valence-corrected chi connectivity index (χ2v) is 8.03. The summed E-state index contributed by atoms with van der Waals surface area (Å²) in [6, 6.07) is 3.24. The molecule has 1 atom stereocenters. The van der Waals surface area contributed by atoms with E-state index in [0.717, 1.165) is 16.8 Å². The Labute approximate surface area is 169 Å². The van der Waals surface area contributed by atoms with E-state index in [1.54, 1.807) is 4.57 Å². The Hall–Kier alpha value is -2.88. The molecule has 29 heavy (non-hydrogen) atoms. The molecule has 1 N–H and O–H groups in total. The summed E-state index contributed by atoms with van der Waals surface area (Å²) in [6.45, 7) is 2.62. The normalized spacial score (nSPS) is 16.3. The maximum absolute atomic E-state index is 13.8. The van der Waals surface area contributed by atoms with Crippen LogP contribution in [0.5, 0.6) is 0 Å². The van der Waals surface area contributed by atoms with Crippen molar-refractivity contribution in [3.8, 4) is 0 Å². The van der Waals surface area contributed by atoms with Crippen molar-refractivity contribution in [2.75, 3.05) is 0 Å². The number of halogens is 2. The van der Waals surface area contributed by atoms with E-state index >= 15 is 0 Å². The summed E-state index contributed by atoms with van der Waals surface area (Å²) in [5.74, 6) is -2.24. The van der Waals surface area contributed by atoms with Crippen molar-refractivity contribution < 1.29 is 13.6 Å². The van der Waals surface area contributed by atoms with Crippen molar-refractivity contribution in [1.29, 1.82) is 0 Å². The Bertz CT molecular complexity index is 1120. The molecular formula is C19H19F2N5O2S. The highest BCUT2D eigenvalue weighted by Crippen LogP contribution is 2.16. The van der Waals surface area contributed by atoms with Gasteiger partial charge in [0.05, 0.1) is 22.8 Å². The summed E-state index contributed by atoms with van der Waals surface area (Å²) in [5, 5.41) is 10.0. The second-order valence-electron chi connectivity index (χ2n) is 6.97. The Morgan fingerprint density at radius 3 is 2.93 bits per heavy atom. The molecule has 0 saturated carbocycles. The number of carbonyl (C=O) groups excluding carboxylic acids is 1. The van der Waals surface area contributed by atoms with Crippen molar-refractivity contribution in [2.24, 2.45) is 0 Å². The predicted molar refractivity (Wildman–Crippen MR) is 103 cm³/mol. The van der Waals surface area contributed by atoms with Gasteiger partial charge in [-0.25, -0.2) is 23.2 Å². The first-order chi connectivity index (χ1) is 13.9. The molecule has 152 valence electrons. The lowest BCUT2D eigenvalue weighted by molar-refractivity contribution is 0.0927. The fourth-order valence-electron chi connectivity index (χ4n) is 3.45. The third kappa shape index (κ3) is 3.98. The van der Waals surface area contributed by atoms with Crippen molar-refractivity contribution >= 4 is 17.2 Å². The van der Waals surface area contributed by atoms with Gasteiger partial charge in [-0.2, -0.15) is 5.10 Å². The van der Waals surface area contributed by atoms with E-state index in [9.17, 15) is 18.4 Å². The third-order valence-corrected chi connectivity index (χ3v) is 5.75. The van der Waals surface area contributed by atoms with Crippen LogP contribution in [0.25, 0.3) is 0 Å². The molecule has 4 rings (SSSR count). The van der Waals surface area contributed by atoms with Gasteiger partial charge in [-0.3, -0.25) is 9.36 Å². The van der Waals surface area contributed by atoms with E-state index < -0.39 is 17.5 Å². The standard InChI is InChI=1S/C19H19F2N5O2S/c1-11-22-13(10-29-11)9-26-19(28)25-8-7-12(5-6-16(25)24-26)23-18(27)14-3-2-4-15(20)17(14)21/h2-4,10,12H,5-9H2,1H3,(H,23,27). The molecule has 7 nitrogen and oxygen atoms in total. The summed E-state index contributed by atoms with van der Waals surface area (Å²) in [6.07, 6.45) is 1.54. The third-order valence-electron chi connectivity index (χ3n) is 4.93. The summed E-state index contributed by atoms with van der Waals surface area (Å²) < 4.78 is 30.2. The highest BCUT2D eigenvalue weighted by atomic mass is 32.1. The molecule has 2 aromatic heterocycles. The number of aromatic nitrogens is 4. The molecule has 3 heterocycles. The van der Waals surface area contributed by atoms with Gasteiger partial charge >= 0.3 is 5.69 Å². The minimum Gasteiger partial charge on any atom is -0.349 e. The lowest BCUT2D eigenvalue weighted by Crippen LogP contribution is -2.36. The van der Waals surface area contributed by atoms with Crippen molar-refractivity contribution in [3.05, 3.63) is 67.8 Å². The van der Waals surface area contributed by atoms with Gasteiger partial charge in [0.2, 0.25) is 0 Å². The number of rotatable bonds is 4. The van der Waals surface area contributed by atoms with Crippen LogP contribution in [-0.2, 0) is 19.5 Å². The van der Waals surface area contributed by atoms with Gasteiger partial charge in [-0.15, -0.1) is 11.3 Å². The number of benzene rings is 1. The van der Waals surface area contributed by atoms with Crippen LogP contribution in [0.3, 0.4) is 0 Å². The van der Waals surface area contributed by atoms with E-state index in [0.29, 0.717) is 38.2 Å². The number of nitrogens with one attached hydrogen (secondary N) is 1. The van der Waals surface area contributed by atoms with Gasteiger partial charge in [0.15, 0.2) is 11.6 Å². The average Bonchev–Trinajstić information content (AvgIpc) is 3.15. The molecule has 3 aromatic rings. The summed E-state index contributed by atoms with van der Waals surface area (Å²) in [7, 11) is 0. The lowest BCUT2D eigenvalue weighted by atomic mass is 10.1. The number of hydrogen-bond donors (Lipinski definition) is 1. The first kappa shape index (κ1) is 19.4. The lowest BCUT2D eigenvalue weighted by Gasteiger charge is -2.16. The van der Waals surface area contributed by atoms with E-state index in [2.05, 4.69) is 15.4 Å². The number of fused-ring (bicyclic) bond motifs is 1. The molecule has 1 unspecified atom stereocenters. The van der Waals surface area contributed by atoms with E-state index in [-0.39, 0.29) is 17.3 Å². The highest BCUT2D eigenvalue weighted by molar-refractivity contribution is 7.09. The molecular weight excluding hydrogens is 400 g/mol. The van der Waals surface area contributed by atoms with Crippen molar-refractivity contribution in [3.63, 3.8) is 0 Å². The molecule has 1 amide bonds. The molecule has 1 aromatic carbocycles. The Kier molecular flexibility index (Phi) is 5.27. The molecule has 0 radical (unpaired) electrons. The quantitative estimate of drug-likeness (QED) is 0.704. The largest absolute Gasteiger partial charge is 0.349 e. The van der Waals surface area contributed by atoms with Crippen LogP contribution in [0.2, 0.25) is 0 Å².